The van der Waals surface area contributed by atoms with Crippen LogP contribution in [0.3, 0.4) is 0 Å². The van der Waals surface area contributed by atoms with Gasteiger partial charge in [-0.15, -0.1) is 0 Å². The van der Waals surface area contributed by atoms with Crippen molar-refractivity contribution >= 4 is 33.8 Å². The number of benzene rings is 4. The fraction of sp³-hybridized carbons (Fsp3) is 0.0800. The summed E-state index contributed by atoms with van der Waals surface area (Å²) in [7, 11) is 0. The third-order valence-corrected chi connectivity index (χ3v) is 5.52. The largest absolute Gasteiger partial charge is 0.257 e. The summed E-state index contributed by atoms with van der Waals surface area (Å²) in [4.78, 5) is 0. The van der Waals surface area contributed by atoms with Crippen molar-refractivity contribution in [2.75, 3.05) is 5.01 Å². The van der Waals surface area contributed by atoms with E-state index in [1.807, 2.05) is 18.2 Å². The molecule has 28 heavy (non-hydrogen) atoms. The summed E-state index contributed by atoms with van der Waals surface area (Å²) in [5, 5.41) is 10.4. The highest BCUT2D eigenvalue weighted by atomic mass is 35.5. The molecule has 1 aliphatic rings. The Morgan fingerprint density at radius 3 is 2.25 bits per heavy atom. The normalized spacial score (nSPS) is 16.4. The number of rotatable bonds is 3. The molecule has 1 heterocycles. The molecule has 2 nitrogen and oxygen atoms in total. The summed E-state index contributed by atoms with van der Waals surface area (Å²) in [6, 6.07) is 33.6. The minimum Gasteiger partial charge on any atom is -0.257 e. The van der Waals surface area contributed by atoms with Crippen LogP contribution < -0.4 is 5.01 Å². The van der Waals surface area contributed by atoms with Crippen LogP contribution >= 0.6 is 11.6 Å². The van der Waals surface area contributed by atoms with Crippen LogP contribution in [0.5, 0.6) is 0 Å². The average molecular weight is 383 g/mol. The number of hydrogen-bond donors (Lipinski definition) is 0. The number of hydrazone groups is 1. The molecule has 0 bridgehead atoms. The second-order valence-corrected chi connectivity index (χ2v) is 7.50. The zero-order chi connectivity index (χ0) is 18.9. The molecule has 0 fully saturated rings. The SMILES string of the molecule is Clc1ccc(C2CC(c3ccc4ccccc4c3)=NN2c2ccccc2)cc1. The summed E-state index contributed by atoms with van der Waals surface area (Å²) in [5.41, 5.74) is 4.59. The molecule has 0 saturated carbocycles. The monoisotopic (exact) mass is 382 g/mol. The molecular weight excluding hydrogens is 364 g/mol. The maximum Gasteiger partial charge on any atom is 0.0831 e. The molecule has 0 radical (unpaired) electrons. The van der Waals surface area contributed by atoms with Gasteiger partial charge in [0.15, 0.2) is 0 Å². The van der Waals surface area contributed by atoms with Gasteiger partial charge in [-0.3, -0.25) is 5.01 Å². The molecule has 0 saturated heterocycles. The van der Waals surface area contributed by atoms with Crippen LogP contribution in [-0.4, -0.2) is 5.71 Å². The van der Waals surface area contributed by atoms with Crippen molar-refractivity contribution in [3.05, 3.63) is 113 Å². The predicted molar refractivity (Wildman–Crippen MR) is 118 cm³/mol. The van der Waals surface area contributed by atoms with Gasteiger partial charge in [-0.1, -0.05) is 78.3 Å². The van der Waals surface area contributed by atoms with Crippen molar-refractivity contribution in [1.82, 2.24) is 0 Å². The maximum atomic E-state index is 6.11. The lowest BCUT2D eigenvalue weighted by molar-refractivity contribution is 0.709. The van der Waals surface area contributed by atoms with E-state index >= 15 is 0 Å². The Morgan fingerprint density at radius 2 is 1.46 bits per heavy atom. The number of para-hydroxylation sites is 1. The van der Waals surface area contributed by atoms with E-state index in [9.17, 15) is 0 Å². The van der Waals surface area contributed by atoms with Crippen LogP contribution in [-0.2, 0) is 0 Å². The van der Waals surface area contributed by atoms with Crippen LogP contribution in [0, 0.1) is 0 Å². The smallest absolute Gasteiger partial charge is 0.0831 e. The number of hydrogen-bond acceptors (Lipinski definition) is 2. The molecule has 0 spiro atoms. The van der Waals surface area contributed by atoms with Crippen LogP contribution in [0.25, 0.3) is 10.8 Å². The van der Waals surface area contributed by atoms with E-state index in [1.165, 1.54) is 21.9 Å². The zero-order valence-electron chi connectivity index (χ0n) is 15.3. The first-order valence-corrected chi connectivity index (χ1v) is 9.82. The molecule has 1 aliphatic heterocycles. The van der Waals surface area contributed by atoms with E-state index in [2.05, 4.69) is 83.9 Å². The molecule has 0 amide bonds. The van der Waals surface area contributed by atoms with Gasteiger partial charge in [0, 0.05) is 11.4 Å². The number of nitrogens with zero attached hydrogens (tertiary/aromatic N) is 2. The molecule has 1 atom stereocenters. The molecule has 0 aliphatic carbocycles. The Kier molecular flexibility index (Phi) is 4.34. The fourth-order valence-corrected chi connectivity index (χ4v) is 3.94. The Morgan fingerprint density at radius 1 is 0.750 bits per heavy atom. The van der Waals surface area contributed by atoms with Gasteiger partial charge >= 0.3 is 0 Å². The molecular formula is C25H19ClN2. The summed E-state index contributed by atoms with van der Waals surface area (Å²) in [6.07, 6.45) is 0.856. The first-order valence-electron chi connectivity index (χ1n) is 9.44. The summed E-state index contributed by atoms with van der Waals surface area (Å²) in [6.45, 7) is 0. The number of anilines is 1. The van der Waals surface area contributed by atoms with Crippen LogP contribution in [0.2, 0.25) is 5.02 Å². The lowest BCUT2D eigenvalue weighted by Crippen LogP contribution is -2.18. The van der Waals surface area contributed by atoms with E-state index in [1.54, 1.807) is 0 Å². The molecule has 0 N–H and O–H groups in total. The minimum absolute atomic E-state index is 0.154. The minimum atomic E-state index is 0.154. The number of fused-ring (bicyclic) bond motifs is 1. The molecule has 3 heteroatoms. The van der Waals surface area contributed by atoms with Crippen LogP contribution in [0.4, 0.5) is 5.69 Å². The van der Waals surface area contributed by atoms with Crippen molar-refractivity contribution in [3.8, 4) is 0 Å². The third kappa shape index (κ3) is 3.17. The molecule has 136 valence electrons. The molecule has 4 aromatic carbocycles. The van der Waals surface area contributed by atoms with Crippen molar-refractivity contribution in [1.29, 1.82) is 0 Å². The summed E-state index contributed by atoms with van der Waals surface area (Å²) >= 11 is 6.11. The van der Waals surface area contributed by atoms with Gasteiger partial charge in [-0.25, -0.2) is 0 Å². The van der Waals surface area contributed by atoms with Gasteiger partial charge < -0.3 is 0 Å². The van der Waals surface area contributed by atoms with Crippen LogP contribution in [0.15, 0.2) is 102 Å². The first-order chi connectivity index (χ1) is 13.8. The standard InChI is InChI=1S/C25H19ClN2/c26-22-14-12-19(13-15-22)25-17-24(27-28(25)23-8-2-1-3-9-23)21-11-10-18-6-4-5-7-20(18)16-21/h1-16,25H,17H2. The van der Waals surface area contributed by atoms with Crippen molar-refractivity contribution < 1.29 is 0 Å². The van der Waals surface area contributed by atoms with Crippen LogP contribution in [0.1, 0.15) is 23.6 Å². The molecule has 5 rings (SSSR count). The van der Waals surface area contributed by atoms with E-state index in [-0.39, 0.29) is 6.04 Å². The fourth-order valence-electron chi connectivity index (χ4n) is 3.82. The van der Waals surface area contributed by atoms with Gasteiger partial charge in [0.05, 0.1) is 17.4 Å². The van der Waals surface area contributed by atoms with Crippen molar-refractivity contribution in [2.45, 2.75) is 12.5 Å². The van der Waals surface area contributed by atoms with E-state index in [4.69, 9.17) is 16.7 Å². The van der Waals surface area contributed by atoms with E-state index < -0.39 is 0 Å². The summed E-state index contributed by atoms with van der Waals surface area (Å²) in [5.74, 6) is 0. The Labute approximate surface area is 169 Å². The quantitative estimate of drug-likeness (QED) is 0.378. The van der Waals surface area contributed by atoms with Gasteiger partial charge in [0.1, 0.15) is 0 Å². The van der Waals surface area contributed by atoms with Crippen molar-refractivity contribution in [3.63, 3.8) is 0 Å². The average Bonchev–Trinajstić information content (AvgIpc) is 3.20. The third-order valence-electron chi connectivity index (χ3n) is 5.27. The van der Waals surface area contributed by atoms with Gasteiger partial charge in [0.2, 0.25) is 0 Å². The lowest BCUT2D eigenvalue weighted by Gasteiger charge is -2.24. The maximum absolute atomic E-state index is 6.11. The molecule has 4 aromatic rings. The second-order valence-electron chi connectivity index (χ2n) is 7.06. The lowest BCUT2D eigenvalue weighted by atomic mass is 9.97. The Hall–Kier alpha value is -3.10. The predicted octanol–water partition coefficient (Wildman–Crippen LogP) is 6.85. The topological polar surface area (TPSA) is 15.6 Å². The Bertz CT molecular complexity index is 1150. The highest BCUT2D eigenvalue weighted by Gasteiger charge is 2.29. The second kappa shape index (κ2) is 7.14. The van der Waals surface area contributed by atoms with Gasteiger partial charge in [-0.2, -0.15) is 5.10 Å². The van der Waals surface area contributed by atoms with E-state index in [0.29, 0.717) is 0 Å². The molecule has 1 unspecified atom stereocenters. The summed E-state index contributed by atoms with van der Waals surface area (Å²) < 4.78 is 0. The Balaban J connectivity index is 1.57. The van der Waals surface area contributed by atoms with Gasteiger partial charge in [-0.05, 0) is 52.2 Å². The van der Waals surface area contributed by atoms with Gasteiger partial charge in [0.25, 0.3) is 0 Å². The highest BCUT2D eigenvalue weighted by molar-refractivity contribution is 6.30. The van der Waals surface area contributed by atoms with Crippen molar-refractivity contribution in [2.24, 2.45) is 5.10 Å². The molecule has 0 aromatic heterocycles. The number of halogens is 1. The first kappa shape index (κ1) is 17.0. The van der Waals surface area contributed by atoms with E-state index in [0.717, 1.165) is 22.8 Å². The highest BCUT2D eigenvalue weighted by Crippen LogP contribution is 2.37. The zero-order valence-corrected chi connectivity index (χ0v) is 16.1.